The van der Waals surface area contributed by atoms with Crippen molar-refractivity contribution in [2.45, 2.75) is 43.9 Å². The number of likely N-dealkylation sites (tertiary alicyclic amines) is 1. The Hall–Kier alpha value is -1.92. The molecule has 0 unspecified atom stereocenters. The zero-order chi connectivity index (χ0) is 17.8. The van der Waals surface area contributed by atoms with Crippen LogP contribution in [0.2, 0.25) is 0 Å². The van der Waals surface area contributed by atoms with Crippen LogP contribution >= 0.6 is 0 Å². The van der Waals surface area contributed by atoms with E-state index in [9.17, 15) is 9.59 Å². The Kier molecular flexibility index (Phi) is 5.71. The standard InChI is InChI=1S/C19H28N4O2/c1-22-11-10-16-18(22)19(25)21-13-15(23(16)2)8-9-17(24)20-12-14-6-4-3-5-7-14/h3-7,15-16,18H,8-13H2,1-2H3,(H,20,24)(H,21,25)/t15-,16-,18-/m0/s1. The highest BCUT2D eigenvalue weighted by Crippen LogP contribution is 2.25. The summed E-state index contributed by atoms with van der Waals surface area (Å²) in [5, 5.41) is 6.03. The first-order valence-electron chi connectivity index (χ1n) is 9.07. The van der Waals surface area contributed by atoms with Gasteiger partial charge in [0.2, 0.25) is 11.8 Å². The van der Waals surface area contributed by atoms with Crippen LogP contribution in [0.3, 0.4) is 0 Å². The molecule has 2 amide bonds. The lowest BCUT2D eigenvalue weighted by Gasteiger charge is -2.32. The lowest BCUT2D eigenvalue weighted by Crippen LogP contribution is -2.48. The van der Waals surface area contributed by atoms with Gasteiger partial charge in [-0.15, -0.1) is 0 Å². The molecule has 1 aromatic carbocycles. The third-order valence-corrected chi connectivity index (χ3v) is 5.53. The minimum Gasteiger partial charge on any atom is -0.353 e. The van der Waals surface area contributed by atoms with Gasteiger partial charge in [-0.3, -0.25) is 19.4 Å². The molecule has 0 spiro atoms. The Bertz CT molecular complexity index is 607. The summed E-state index contributed by atoms with van der Waals surface area (Å²) in [6, 6.07) is 10.3. The number of amides is 2. The molecule has 2 heterocycles. The highest BCUT2D eigenvalue weighted by molar-refractivity contribution is 5.83. The lowest BCUT2D eigenvalue weighted by molar-refractivity contribution is -0.125. The summed E-state index contributed by atoms with van der Waals surface area (Å²) in [6.07, 6.45) is 2.23. The predicted molar refractivity (Wildman–Crippen MR) is 96.9 cm³/mol. The summed E-state index contributed by atoms with van der Waals surface area (Å²) < 4.78 is 0. The van der Waals surface area contributed by atoms with Gasteiger partial charge >= 0.3 is 0 Å². The van der Waals surface area contributed by atoms with Crippen molar-refractivity contribution in [2.24, 2.45) is 0 Å². The molecule has 25 heavy (non-hydrogen) atoms. The molecule has 0 radical (unpaired) electrons. The van der Waals surface area contributed by atoms with Crippen LogP contribution < -0.4 is 10.6 Å². The van der Waals surface area contributed by atoms with Crippen LogP contribution in [0.4, 0.5) is 0 Å². The first kappa shape index (κ1) is 17.9. The van der Waals surface area contributed by atoms with Crippen LogP contribution in [0.25, 0.3) is 0 Å². The molecule has 0 aromatic heterocycles. The average molecular weight is 344 g/mol. The number of hydrogen-bond donors (Lipinski definition) is 2. The van der Waals surface area contributed by atoms with E-state index in [2.05, 4.69) is 27.5 Å². The van der Waals surface area contributed by atoms with Crippen molar-refractivity contribution in [1.82, 2.24) is 20.4 Å². The van der Waals surface area contributed by atoms with E-state index in [1.807, 2.05) is 37.4 Å². The van der Waals surface area contributed by atoms with Crippen LogP contribution in [-0.2, 0) is 16.1 Å². The van der Waals surface area contributed by atoms with Crippen molar-refractivity contribution in [3.05, 3.63) is 35.9 Å². The topological polar surface area (TPSA) is 64.7 Å². The summed E-state index contributed by atoms with van der Waals surface area (Å²) in [5.41, 5.74) is 1.10. The van der Waals surface area contributed by atoms with Crippen molar-refractivity contribution in [2.75, 3.05) is 27.2 Å². The van der Waals surface area contributed by atoms with Crippen molar-refractivity contribution < 1.29 is 9.59 Å². The summed E-state index contributed by atoms with van der Waals surface area (Å²) in [4.78, 5) is 28.9. The second-order valence-electron chi connectivity index (χ2n) is 7.15. The SMILES string of the molecule is CN1CC[C@H]2[C@H]1C(=O)NC[C@H](CCC(=O)NCc1ccccc1)N2C. The average Bonchev–Trinajstić information content (AvgIpc) is 2.96. The largest absolute Gasteiger partial charge is 0.353 e. The number of nitrogens with zero attached hydrogens (tertiary/aromatic N) is 2. The van der Waals surface area contributed by atoms with Crippen LogP contribution in [0.5, 0.6) is 0 Å². The third-order valence-electron chi connectivity index (χ3n) is 5.53. The van der Waals surface area contributed by atoms with Crippen LogP contribution in [0.15, 0.2) is 30.3 Å². The molecule has 2 aliphatic rings. The molecule has 3 rings (SSSR count). The molecular weight excluding hydrogens is 316 g/mol. The number of carbonyl (C=O) groups is 2. The molecule has 3 atom stereocenters. The normalized spacial score (nSPS) is 27.4. The van der Waals surface area contributed by atoms with E-state index < -0.39 is 0 Å². The predicted octanol–water partition coefficient (Wildman–Crippen LogP) is 0.586. The minimum absolute atomic E-state index is 0.0629. The van der Waals surface area contributed by atoms with E-state index in [1.54, 1.807) is 0 Å². The van der Waals surface area contributed by atoms with Crippen LogP contribution in [0.1, 0.15) is 24.8 Å². The Morgan fingerprint density at radius 3 is 2.80 bits per heavy atom. The van der Waals surface area contributed by atoms with E-state index in [1.165, 1.54) is 0 Å². The van der Waals surface area contributed by atoms with Crippen molar-refractivity contribution in [3.63, 3.8) is 0 Å². The Balaban J connectivity index is 1.50. The van der Waals surface area contributed by atoms with Gasteiger partial charge in [0.05, 0.1) is 0 Å². The monoisotopic (exact) mass is 344 g/mol. The van der Waals surface area contributed by atoms with Crippen LogP contribution in [0, 0.1) is 0 Å². The van der Waals surface area contributed by atoms with E-state index >= 15 is 0 Å². The smallest absolute Gasteiger partial charge is 0.239 e. The Morgan fingerprint density at radius 1 is 1.28 bits per heavy atom. The van der Waals surface area contributed by atoms with Crippen LogP contribution in [-0.4, -0.2) is 66.9 Å². The van der Waals surface area contributed by atoms with E-state index in [0.717, 1.165) is 24.9 Å². The number of likely N-dealkylation sites (N-methyl/N-ethyl adjacent to an activating group) is 2. The molecule has 1 aromatic rings. The third kappa shape index (κ3) is 4.19. The second kappa shape index (κ2) is 7.97. The molecule has 6 nitrogen and oxygen atoms in total. The van der Waals surface area contributed by atoms with Gasteiger partial charge in [0, 0.05) is 38.1 Å². The Labute approximate surface area is 149 Å². The number of carbonyl (C=O) groups excluding carboxylic acids is 2. The highest BCUT2D eigenvalue weighted by atomic mass is 16.2. The van der Waals surface area contributed by atoms with Crippen molar-refractivity contribution in [1.29, 1.82) is 0 Å². The number of fused-ring (bicyclic) bond motifs is 1. The van der Waals surface area contributed by atoms with Crippen molar-refractivity contribution in [3.8, 4) is 0 Å². The fourth-order valence-electron chi connectivity index (χ4n) is 3.95. The first-order valence-corrected chi connectivity index (χ1v) is 9.07. The number of benzene rings is 1. The molecule has 0 saturated carbocycles. The highest BCUT2D eigenvalue weighted by Gasteiger charge is 2.43. The number of hydrogen-bond acceptors (Lipinski definition) is 4. The minimum atomic E-state index is -0.0677. The molecule has 2 aliphatic heterocycles. The van der Waals surface area contributed by atoms with Gasteiger partial charge in [-0.1, -0.05) is 30.3 Å². The summed E-state index contributed by atoms with van der Waals surface area (Å²) >= 11 is 0. The quantitative estimate of drug-likeness (QED) is 0.820. The fraction of sp³-hybridized carbons (Fsp3) is 0.579. The zero-order valence-electron chi connectivity index (χ0n) is 15.1. The van der Waals surface area contributed by atoms with Gasteiger partial charge in [-0.05, 0) is 32.5 Å². The molecular formula is C19H28N4O2. The summed E-state index contributed by atoms with van der Waals surface area (Å²) in [7, 11) is 4.10. The first-order chi connectivity index (χ1) is 12.1. The fourth-order valence-corrected chi connectivity index (χ4v) is 3.95. The van der Waals surface area contributed by atoms with E-state index in [4.69, 9.17) is 0 Å². The van der Waals surface area contributed by atoms with Gasteiger partial charge in [0.15, 0.2) is 0 Å². The van der Waals surface area contributed by atoms with Gasteiger partial charge < -0.3 is 10.6 Å². The van der Waals surface area contributed by atoms with E-state index in [-0.39, 0.29) is 29.9 Å². The Morgan fingerprint density at radius 2 is 2.04 bits per heavy atom. The van der Waals surface area contributed by atoms with Gasteiger partial charge in [0.25, 0.3) is 0 Å². The maximum atomic E-state index is 12.3. The molecule has 136 valence electrons. The maximum absolute atomic E-state index is 12.3. The van der Waals surface area contributed by atoms with Gasteiger partial charge in [0.1, 0.15) is 6.04 Å². The maximum Gasteiger partial charge on any atom is 0.239 e. The molecule has 0 bridgehead atoms. The molecule has 2 fully saturated rings. The number of nitrogens with one attached hydrogen (secondary N) is 2. The van der Waals surface area contributed by atoms with E-state index in [0.29, 0.717) is 19.5 Å². The molecule has 6 heteroatoms. The molecule has 2 N–H and O–H groups in total. The van der Waals surface area contributed by atoms with Gasteiger partial charge in [-0.2, -0.15) is 0 Å². The molecule has 0 aliphatic carbocycles. The lowest BCUT2D eigenvalue weighted by atomic mass is 10.0. The van der Waals surface area contributed by atoms with Crippen molar-refractivity contribution >= 4 is 11.8 Å². The van der Waals surface area contributed by atoms with Gasteiger partial charge in [-0.25, -0.2) is 0 Å². The summed E-state index contributed by atoms with van der Waals surface area (Å²) in [5.74, 6) is 0.181. The summed E-state index contributed by atoms with van der Waals surface area (Å²) in [6.45, 7) is 2.12. The zero-order valence-corrected chi connectivity index (χ0v) is 15.1. The second-order valence-corrected chi connectivity index (χ2v) is 7.15. The number of rotatable bonds is 5. The molecule has 2 saturated heterocycles.